The molecule has 0 spiro atoms. The third-order valence-electron chi connectivity index (χ3n) is 3.59. The van der Waals surface area contributed by atoms with Crippen LogP contribution in [0.2, 0.25) is 0 Å². The normalized spacial score (nSPS) is 23.0. The van der Waals surface area contributed by atoms with E-state index in [4.69, 9.17) is 0 Å². The number of rotatable bonds is 0. The Morgan fingerprint density at radius 2 is 0.917 bits per heavy atom. The van der Waals surface area contributed by atoms with E-state index < -0.39 is 7.25 Å². The zero-order valence-corrected chi connectivity index (χ0v) is 16.1. The molecule has 0 heterocycles. The van der Waals surface area contributed by atoms with Gasteiger partial charge in [0.05, 0.1) is 0 Å². The maximum absolute atomic E-state index is 9.75. The van der Waals surface area contributed by atoms with Crippen molar-refractivity contribution in [1.82, 2.24) is 0 Å². The van der Waals surface area contributed by atoms with Gasteiger partial charge in [0.15, 0.2) is 0 Å². The molecule has 0 N–H and O–H groups in total. The van der Waals surface area contributed by atoms with Gasteiger partial charge in [0.1, 0.15) is 0 Å². The molecule has 0 aromatic carbocycles. The van der Waals surface area contributed by atoms with Gasteiger partial charge in [0, 0.05) is 20.1 Å². The molecule has 0 nitrogen and oxygen atoms in total. The van der Waals surface area contributed by atoms with Crippen LogP contribution < -0.4 is 0 Å². The monoisotopic (exact) mass is 520 g/mol. The van der Waals surface area contributed by atoms with Crippen LogP contribution in [-0.2, 0) is 20.1 Å². The molecule has 3 rings (SSSR count). The van der Waals surface area contributed by atoms with E-state index in [2.05, 4.69) is 51.4 Å². The summed E-state index contributed by atoms with van der Waals surface area (Å²) in [7, 11) is -6.00. The maximum atomic E-state index is 9.75. The molecule has 3 fully saturated rings. The summed E-state index contributed by atoms with van der Waals surface area (Å²) in [5.41, 5.74) is 0. The first-order chi connectivity index (χ1) is 11.0. The molecule has 0 saturated heterocycles. The van der Waals surface area contributed by atoms with Gasteiger partial charge >= 0.3 is 7.25 Å². The zero-order chi connectivity index (χ0) is 17.0. The van der Waals surface area contributed by atoms with Gasteiger partial charge in [-0.2, -0.15) is 0 Å². The largest absolute Gasteiger partial charge is 0.673 e. The van der Waals surface area contributed by atoms with Crippen LogP contribution in [-0.4, -0.2) is 7.25 Å². The maximum Gasteiger partial charge on any atom is 0.673 e. The molecule has 0 amide bonds. The summed E-state index contributed by atoms with van der Waals surface area (Å²) in [6.07, 6.45) is 28.2. The van der Waals surface area contributed by atoms with Crippen molar-refractivity contribution < 1.29 is 37.4 Å². The molecule has 137 valence electrons. The van der Waals surface area contributed by atoms with Gasteiger partial charge in [-0.3, -0.25) is 0 Å². The van der Waals surface area contributed by atoms with Gasteiger partial charge < -0.3 is 17.3 Å². The number of hydrogen-bond donors (Lipinski definition) is 0. The number of halogens is 4. The van der Waals surface area contributed by atoms with Gasteiger partial charge in [0.2, 0.25) is 0 Å². The molecular formula is C18H24BF4Ir-. The molecule has 0 aromatic rings. The van der Waals surface area contributed by atoms with E-state index in [1.165, 1.54) is 51.4 Å². The first kappa shape index (κ1) is 24.4. The summed E-state index contributed by atoms with van der Waals surface area (Å²) in [4.78, 5) is 0. The van der Waals surface area contributed by atoms with Crippen molar-refractivity contribution in [2.75, 3.05) is 0 Å². The average Bonchev–Trinajstić information content (AvgIpc) is 2.46. The molecule has 11 radical (unpaired) electrons. The van der Waals surface area contributed by atoms with Gasteiger partial charge in [0.25, 0.3) is 0 Å². The predicted octanol–water partition coefficient (Wildman–Crippen LogP) is 6.22. The van der Waals surface area contributed by atoms with Crippen LogP contribution in [0.3, 0.4) is 0 Å². The van der Waals surface area contributed by atoms with Gasteiger partial charge in [-0.1, -0.05) is 12.8 Å². The van der Waals surface area contributed by atoms with E-state index in [9.17, 15) is 17.3 Å². The zero-order valence-electron chi connectivity index (χ0n) is 13.7. The number of fused-ring (bicyclic) bond motifs is 1. The fourth-order valence-electron chi connectivity index (χ4n) is 2.53. The Balaban J connectivity index is 0.000000344. The average molecular weight is 519 g/mol. The van der Waals surface area contributed by atoms with E-state index in [0.29, 0.717) is 0 Å². The summed E-state index contributed by atoms with van der Waals surface area (Å²) in [5, 5.41) is 0. The predicted molar refractivity (Wildman–Crippen MR) is 88.0 cm³/mol. The molecule has 6 heteroatoms. The minimum atomic E-state index is -6.00. The third-order valence-corrected chi connectivity index (χ3v) is 3.59. The summed E-state index contributed by atoms with van der Waals surface area (Å²) >= 11 is 0. The first-order valence-electron chi connectivity index (χ1n) is 8.21. The minimum absolute atomic E-state index is 0. The van der Waals surface area contributed by atoms with Crippen molar-refractivity contribution in [3.8, 4) is 0 Å². The van der Waals surface area contributed by atoms with Crippen LogP contribution in [0, 0.1) is 63.2 Å². The Labute approximate surface area is 159 Å². The Hall–Kier alpha value is 0.434. The molecule has 0 aliphatic heterocycles. The van der Waals surface area contributed by atoms with Crippen LogP contribution in [0.25, 0.3) is 0 Å². The molecular weight excluding hydrogens is 495 g/mol. The fourth-order valence-corrected chi connectivity index (χ4v) is 2.53. The Morgan fingerprint density at radius 1 is 0.625 bits per heavy atom. The Bertz CT molecular complexity index is 231. The molecule has 0 unspecified atom stereocenters. The number of hydrogen-bond acceptors (Lipinski definition) is 0. The minimum Gasteiger partial charge on any atom is -0.418 e. The Kier molecular flexibility index (Phi) is 14.9. The van der Waals surface area contributed by atoms with Crippen LogP contribution in [0.5, 0.6) is 0 Å². The van der Waals surface area contributed by atoms with Gasteiger partial charge in [-0.25, -0.2) is 0 Å². The van der Waals surface area contributed by atoms with Crippen molar-refractivity contribution in [3.05, 3.63) is 63.2 Å². The van der Waals surface area contributed by atoms with Crippen molar-refractivity contribution >= 4 is 7.25 Å². The molecule has 3 aliphatic carbocycles. The quantitative estimate of drug-likeness (QED) is 0.264. The van der Waals surface area contributed by atoms with Crippen LogP contribution >= 0.6 is 0 Å². The van der Waals surface area contributed by atoms with Crippen LogP contribution in [0.15, 0.2) is 0 Å². The van der Waals surface area contributed by atoms with E-state index in [1.54, 1.807) is 11.8 Å². The van der Waals surface area contributed by atoms with Crippen LogP contribution in [0.4, 0.5) is 17.3 Å². The third kappa shape index (κ3) is 14.8. The van der Waals surface area contributed by atoms with Gasteiger partial charge in [-0.15, -0.1) is 0 Å². The Morgan fingerprint density at radius 3 is 1.21 bits per heavy atom. The summed E-state index contributed by atoms with van der Waals surface area (Å²) < 4.78 is 39.0. The molecule has 0 aromatic heterocycles. The van der Waals surface area contributed by atoms with Crippen molar-refractivity contribution in [2.45, 2.75) is 51.4 Å². The second-order valence-corrected chi connectivity index (χ2v) is 5.57. The topological polar surface area (TPSA) is 0 Å². The smallest absolute Gasteiger partial charge is 0.418 e. The SMILES string of the molecule is F[B-](F)(F)F.[CH]1[CH]CC[CH][CH]CC1.[CH]1[CH][CH][C]2CCCC[C]2[CH]1.[Ir]. The van der Waals surface area contributed by atoms with Gasteiger partial charge in [-0.05, 0) is 102 Å². The van der Waals surface area contributed by atoms with Crippen LogP contribution in [0.1, 0.15) is 51.4 Å². The standard InChI is InChI=1S/C10H12.C8H12.BF4.Ir/c1-2-6-10-8-4-3-7-9(10)5-1;1-2-4-6-8-7-5-3-1;2-1(3,4)5;/h1-2,5-6H,3-4,7-8H2;1-2,7-8H,3-6H2;;/q;;-1;. The molecule has 3 saturated carbocycles. The van der Waals surface area contributed by atoms with E-state index in [-0.39, 0.29) is 20.1 Å². The van der Waals surface area contributed by atoms with Crippen molar-refractivity contribution in [1.29, 1.82) is 0 Å². The second-order valence-electron chi connectivity index (χ2n) is 5.57. The summed E-state index contributed by atoms with van der Waals surface area (Å²) in [6, 6.07) is 0. The summed E-state index contributed by atoms with van der Waals surface area (Å²) in [6.45, 7) is 0. The van der Waals surface area contributed by atoms with E-state index in [0.717, 1.165) is 0 Å². The second kappa shape index (κ2) is 14.6. The van der Waals surface area contributed by atoms with Crippen molar-refractivity contribution in [3.63, 3.8) is 0 Å². The molecule has 0 bridgehead atoms. The van der Waals surface area contributed by atoms with Crippen molar-refractivity contribution in [2.24, 2.45) is 0 Å². The molecule has 0 atom stereocenters. The molecule has 24 heavy (non-hydrogen) atoms. The van der Waals surface area contributed by atoms with E-state index >= 15 is 0 Å². The van der Waals surface area contributed by atoms with E-state index in [1.807, 2.05) is 0 Å². The molecule has 3 aliphatic rings. The fraction of sp³-hybridized carbons (Fsp3) is 0.444. The first-order valence-corrected chi connectivity index (χ1v) is 8.21. The summed E-state index contributed by atoms with van der Waals surface area (Å²) in [5.74, 6) is 3.16.